The third kappa shape index (κ3) is 4.74. The molecule has 2 rings (SSSR count). The molecule has 6 heteroatoms. The van der Waals surface area contributed by atoms with Crippen molar-refractivity contribution >= 4 is 11.3 Å². The number of nitrogens with one attached hydrogen (secondary N) is 1. The maximum atomic E-state index is 8.76. The summed E-state index contributed by atoms with van der Waals surface area (Å²) in [5, 5.41) is 24.6. The van der Waals surface area contributed by atoms with Crippen LogP contribution in [0.2, 0.25) is 0 Å². The van der Waals surface area contributed by atoms with E-state index in [2.05, 4.69) is 39.4 Å². The molecule has 0 aliphatic carbocycles. The summed E-state index contributed by atoms with van der Waals surface area (Å²) in [6, 6.07) is 2.57. The molecule has 2 heterocycles. The van der Waals surface area contributed by atoms with Gasteiger partial charge in [0.15, 0.2) is 0 Å². The van der Waals surface area contributed by atoms with E-state index >= 15 is 0 Å². The van der Waals surface area contributed by atoms with Crippen LogP contribution in [0.1, 0.15) is 24.6 Å². The van der Waals surface area contributed by atoms with Crippen molar-refractivity contribution in [3.8, 4) is 0 Å². The predicted molar refractivity (Wildman–Crippen MR) is 76.0 cm³/mol. The Morgan fingerprint density at radius 3 is 3.16 bits per heavy atom. The smallest absolute Gasteiger partial charge is 0.0964 e. The zero-order chi connectivity index (χ0) is 13.5. The highest BCUT2D eigenvalue weighted by atomic mass is 32.1. The molecule has 0 fully saturated rings. The van der Waals surface area contributed by atoms with Gasteiger partial charge in [0.25, 0.3) is 0 Å². The van der Waals surface area contributed by atoms with Gasteiger partial charge in [-0.15, -0.1) is 5.10 Å². The number of rotatable bonds is 8. The molecule has 0 spiro atoms. The standard InChI is InChI=1S/C13H20N4OS/c1-11(7-12-3-6-19-10-12)14-8-13-9-17(16-15-13)4-2-5-18/h3,6,9-11,14,18H,2,4-5,7-8H2,1H3. The number of aliphatic hydroxyl groups is 1. The van der Waals surface area contributed by atoms with Crippen LogP contribution in [0.15, 0.2) is 23.0 Å². The Labute approximate surface area is 117 Å². The number of aromatic nitrogens is 3. The molecular weight excluding hydrogens is 260 g/mol. The van der Waals surface area contributed by atoms with Gasteiger partial charge in [-0.25, -0.2) is 0 Å². The molecule has 104 valence electrons. The Morgan fingerprint density at radius 2 is 2.42 bits per heavy atom. The largest absolute Gasteiger partial charge is 0.396 e. The van der Waals surface area contributed by atoms with E-state index in [4.69, 9.17) is 5.11 Å². The molecule has 0 aliphatic rings. The first kappa shape index (κ1) is 14.2. The molecule has 0 aromatic carbocycles. The van der Waals surface area contributed by atoms with Crippen LogP contribution in [0.4, 0.5) is 0 Å². The van der Waals surface area contributed by atoms with Crippen molar-refractivity contribution in [3.63, 3.8) is 0 Å². The van der Waals surface area contributed by atoms with Gasteiger partial charge >= 0.3 is 0 Å². The molecule has 1 unspecified atom stereocenters. The Hall–Kier alpha value is -1.24. The van der Waals surface area contributed by atoms with Gasteiger partial charge in [-0.2, -0.15) is 11.3 Å². The van der Waals surface area contributed by atoms with Crippen molar-refractivity contribution in [1.29, 1.82) is 0 Å². The van der Waals surface area contributed by atoms with E-state index in [1.165, 1.54) is 5.56 Å². The lowest BCUT2D eigenvalue weighted by Crippen LogP contribution is -2.27. The van der Waals surface area contributed by atoms with E-state index in [-0.39, 0.29) is 6.61 Å². The van der Waals surface area contributed by atoms with Gasteiger partial charge in [-0.05, 0) is 42.2 Å². The second-order valence-corrected chi connectivity index (χ2v) is 5.45. The number of aliphatic hydroxyl groups excluding tert-OH is 1. The van der Waals surface area contributed by atoms with Gasteiger partial charge < -0.3 is 10.4 Å². The molecule has 0 bridgehead atoms. The molecule has 0 radical (unpaired) electrons. The SMILES string of the molecule is CC(Cc1ccsc1)NCc1cn(CCCO)nn1. The van der Waals surface area contributed by atoms with Gasteiger partial charge in [-0.3, -0.25) is 4.68 Å². The molecule has 2 N–H and O–H groups in total. The summed E-state index contributed by atoms with van der Waals surface area (Å²) in [5.74, 6) is 0. The van der Waals surface area contributed by atoms with E-state index in [9.17, 15) is 0 Å². The quantitative estimate of drug-likeness (QED) is 0.768. The Morgan fingerprint density at radius 1 is 1.53 bits per heavy atom. The minimum absolute atomic E-state index is 0.186. The van der Waals surface area contributed by atoms with Crippen molar-refractivity contribution in [3.05, 3.63) is 34.3 Å². The minimum atomic E-state index is 0.186. The maximum absolute atomic E-state index is 8.76. The van der Waals surface area contributed by atoms with Crippen LogP contribution < -0.4 is 5.32 Å². The van der Waals surface area contributed by atoms with Crippen molar-refractivity contribution in [2.24, 2.45) is 0 Å². The van der Waals surface area contributed by atoms with Crippen molar-refractivity contribution < 1.29 is 5.11 Å². The summed E-state index contributed by atoms with van der Waals surface area (Å²) in [4.78, 5) is 0. The average Bonchev–Trinajstić information content (AvgIpc) is 3.05. The zero-order valence-electron chi connectivity index (χ0n) is 11.1. The van der Waals surface area contributed by atoms with Crippen molar-refractivity contribution in [2.75, 3.05) is 6.61 Å². The highest BCUT2D eigenvalue weighted by molar-refractivity contribution is 7.07. The van der Waals surface area contributed by atoms with Crippen LogP contribution in [-0.2, 0) is 19.5 Å². The number of thiophene rings is 1. The van der Waals surface area contributed by atoms with Crippen LogP contribution in [0, 0.1) is 0 Å². The third-order valence-corrected chi connectivity index (χ3v) is 3.62. The van der Waals surface area contributed by atoms with Gasteiger partial charge in [-0.1, -0.05) is 5.21 Å². The Bertz CT molecular complexity index is 469. The predicted octanol–water partition coefficient (Wildman–Crippen LogP) is 1.44. The molecule has 0 aliphatic heterocycles. The summed E-state index contributed by atoms with van der Waals surface area (Å²) in [5.41, 5.74) is 2.31. The summed E-state index contributed by atoms with van der Waals surface area (Å²) in [7, 11) is 0. The Kier molecular flexibility index (Phi) is 5.50. The lowest BCUT2D eigenvalue weighted by Gasteiger charge is -2.11. The summed E-state index contributed by atoms with van der Waals surface area (Å²) in [6.07, 6.45) is 3.67. The normalized spacial score (nSPS) is 12.7. The van der Waals surface area contributed by atoms with Crippen molar-refractivity contribution in [2.45, 2.75) is 38.9 Å². The fourth-order valence-corrected chi connectivity index (χ4v) is 2.56. The molecule has 5 nitrogen and oxygen atoms in total. The van der Waals surface area contributed by atoms with Crippen LogP contribution >= 0.6 is 11.3 Å². The number of hydrogen-bond acceptors (Lipinski definition) is 5. The van der Waals surface area contributed by atoms with Crippen molar-refractivity contribution in [1.82, 2.24) is 20.3 Å². The maximum Gasteiger partial charge on any atom is 0.0964 e. The van der Waals surface area contributed by atoms with E-state index < -0.39 is 0 Å². The first-order valence-corrected chi connectivity index (χ1v) is 7.46. The zero-order valence-corrected chi connectivity index (χ0v) is 11.9. The highest BCUT2D eigenvalue weighted by Gasteiger charge is 2.05. The fourth-order valence-electron chi connectivity index (χ4n) is 1.87. The topological polar surface area (TPSA) is 63.0 Å². The second kappa shape index (κ2) is 7.37. The first-order valence-electron chi connectivity index (χ1n) is 6.52. The molecule has 0 saturated carbocycles. The van der Waals surface area contributed by atoms with Crippen LogP contribution in [0.5, 0.6) is 0 Å². The average molecular weight is 280 g/mol. The van der Waals surface area contributed by atoms with Gasteiger partial charge in [0.2, 0.25) is 0 Å². The molecule has 0 saturated heterocycles. The summed E-state index contributed by atoms with van der Waals surface area (Å²) in [6.45, 7) is 3.80. The molecule has 2 aromatic rings. The van der Waals surface area contributed by atoms with E-state index in [1.807, 2.05) is 6.20 Å². The number of nitrogens with zero attached hydrogens (tertiary/aromatic N) is 3. The highest BCUT2D eigenvalue weighted by Crippen LogP contribution is 2.08. The first-order chi connectivity index (χ1) is 9.28. The molecule has 0 amide bonds. The Balaban J connectivity index is 1.73. The lowest BCUT2D eigenvalue weighted by atomic mass is 10.1. The summed E-state index contributed by atoms with van der Waals surface area (Å²) >= 11 is 1.73. The van der Waals surface area contributed by atoms with E-state index in [0.717, 1.165) is 18.7 Å². The van der Waals surface area contributed by atoms with Gasteiger partial charge in [0, 0.05) is 31.9 Å². The monoisotopic (exact) mass is 280 g/mol. The molecule has 1 atom stereocenters. The van der Waals surface area contributed by atoms with Gasteiger partial charge in [0.05, 0.1) is 5.69 Å². The van der Waals surface area contributed by atoms with Crippen LogP contribution in [0.25, 0.3) is 0 Å². The number of hydrogen-bond donors (Lipinski definition) is 2. The molecule has 19 heavy (non-hydrogen) atoms. The molecular formula is C13H20N4OS. The van der Waals surface area contributed by atoms with E-state index in [0.29, 0.717) is 19.0 Å². The number of aryl methyl sites for hydroxylation is 1. The lowest BCUT2D eigenvalue weighted by molar-refractivity contribution is 0.276. The van der Waals surface area contributed by atoms with Gasteiger partial charge in [0.1, 0.15) is 0 Å². The third-order valence-electron chi connectivity index (χ3n) is 2.89. The fraction of sp³-hybridized carbons (Fsp3) is 0.538. The van der Waals surface area contributed by atoms with E-state index in [1.54, 1.807) is 16.0 Å². The second-order valence-electron chi connectivity index (χ2n) is 4.67. The van der Waals surface area contributed by atoms with Crippen LogP contribution in [-0.4, -0.2) is 32.7 Å². The minimum Gasteiger partial charge on any atom is -0.396 e. The van der Waals surface area contributed by atoms with Crippen LogP contribution in [0.3, 0.4) is 0 Å². The molecule has 2 aromatic heterocycles. The summed E-state index contributed by atoms with van der Waals surface area (Å²) < 4.78 is 1.77.